The molecular weight excluding hydrogens is 282 g/mol. The number of alkyl halides is 1. The van der Waals surface area contributed by atoms with Crippen molar-refractivity contribution in [1.29, 1.82) is 0 Å². The summed E-state index contributed by atoms with van der Waals surface area (Å²) in [7, 11) is 0. The topological polar surface area (TPSA) is 22.0 Å². The molecule has 0 spiro atoms. The van der Waals surface area contributed by atoms with Gasteiger partial charge in [0, 0.05) is 17.0 Å². The Bertz CT molecular complexity index is 670. The van der Waals surface area contributed by atoms with Gasteiger partial charge in [0.2, 0.25) is 0 Å². The molecule has 1 heterocycles. The lowest BCUT2D eigenvalue weighted by atomic mass is 10.0. The molecule has 0 aliphatic carbocycles. The molecule has 2 unspecified atom stereocenters. The van der Waals surface area contributed by atoms with Gasteiger partial charge in [-0.15, -0.1) is 11.6 Å². The predicted molar refractivity (Wildman–Crippen MR) is 88.5 cm³/mol. The predicted octanol–water partition coefficient (Wildman–Crippen LogP) is 4.83. The molecule has 0 saturated carbocycles. The number of Topliss-reactive ketones (excluding diaryl/α,β-unsaturated/α-hetero) is 1. The highest BCUT2D eigenvalue weighted by molar-refractivity contribution is 6.33. The molecule has 2 nitrogen and oxygen atoms in total. The van der Waals surface area contributed by atoms with Crippen LogP contribution in [0.1, 0.15) is 52.8 Å². The van der Waals surface area contributed by atoms with Crippen molar-refractivity contribution in [2.75, 3.05) is 0 Å². The molecule has 3 heteroatoms. The summed E-state index contributed by atoms with van der Waals surface area (Å²) in [5.41, 5.74) is 5.34. The van der Waals surface area contributed by atoms with Gasteiger partial charge in [0.1, 0.15) is 0 Å². The zero-order chi connectivity index (χ0) is 15.7. The largest absolute Gasteiger partial charge is 0.341 e. The van der Waals surface area contributed by atoms with Crippen molar-refractivity contribution < 1.29 is 4.79 Å². The van der Waals surface area contributed by atoms with Crippen LogP contribution in [0.5, 0.6) is 0 Å². The number of ketones is 1. The molecule has 0 fully saturated rings. The van der Waals surface area contributed by atoms with Crippen molar-refractivity contribution in [3.8, 4) is 0 Å². The first-order chi connectivity index (χ1) is 9.84. The van der Waals surface area contributed by atoms with Gasteiger partial charge < -0.3 is 4.57 Å². The van der Waals surface area contributed by atoms with Crippen molar-refractivity contribution in [1.82, 2.24) is 4.57 Å². The van der Waals surface area contributed by atoms with Crippen LogP contribution in [0.2, 0.25) is 0 Å². The van der Waals surface area contributed by atoms with E-state index < -0.39 is 5.38 Å². The molecule has 0 N–H and O–H groups in total. The molecule has 1 aromatic heterocycles. The number of benzene rings is 1. The summed E-state index contributed by atoms with van der Waals surface area (Å²) >= 11 is 5.96. The van der Waals surface area contributed by atoms with E-state index in [0.29, 0.717) is 0 Å². The number of halogens is 1. The van der Waals surface area contributed by atoms with Crippen LogP contribution in [-0.2, 0) is 0 Å². The van der Waals surface area contributed by atoms with Gasteiger partial charge in [-0.25, -0.2) is 0 Å². The zero-order valence-electron chi connectivity index (χ0n) is 13.3. The highest BCUT2D eigenvalue weighted by Gasteiger charge is 2.22. The highest BCUT2D eigenvalue weighted by atomic mass is 35.5. The Morgan fingerprint density at radius 1 is 1.14 bits per heavy atom. The summed E-state index contributed by atoms with van der Waals surface area (Å²) in [4.78, 5) is 12.2. The summed E-state index contributed by atoms with van der Waals surface area (Å²) in [6.07, 6.45) is 0. The van der Waals surface area contributed by atoms with Crippen molar-refractivity contribution in [2.24, 2.45) is 0 Å². The molecule has 2 atom stereocenters. The Morgan fingerprint density at radius 3 is 2.33 bits per heavy atom. The van der Waals surface area contributed by atoms with Crippen LogP contribution in [0.15, 0.2) is 30.3 Å². The molecule has 0 bridgehead atoms. The van der Waals surface area contributed by atoms with Crippen molar-refractivity contribution in [2.45, 2.75) is 46.0 Å². The number of hydrogen-bond acceptors (Lipinski definition) is 1. The van der Waals surface area contributed by atoms with Gasteiger partial charge in [0.05, 0.1) is 11.4 Å². The maximum absolute atomic E-state index is 12.2. The minimum absolute atomic E-state index is 0.00648. The van der Waals surface area contributed by atoms with Gasteiger partial charge >= 0.3 is 0 Å². The zero-order valence-corrected chi connectivity index (χ0v) is 14.0. The average Bonchev–Trinajstić information content (AvgIpc) is 2.73. The van der Waals surface area contributed by atoms with E-state index in [1.54, 1.807) is 6.92 Å². The second kappa shape index (κ2) is 6.07. The van der Waals surface area contributed by atoms with E-state index in [4.69, 9.17) is 11.6 Å². The lowest BCUT2D eigenvalue weighted by molar-refractivity contribution is 0.0991. The fraction of sp³-hybridized carbons (Fsp3) is 0.389. The quantitative estimate of drug-likeness (QED) is 0.585. The standard InChI is InChI=1S/C18H22ClNO/c1-11-8-6-7-9-16(11)14(4)20-12(2)10-17(15(20)5)18(21)13(3)19/h6-10,13-14H,1-5H3. The van der Waals surface area contributed by atoms with Gasteiger partial charge in [-0.1, -0.05) is 24.3 Å². The third-order valence-electron chi connectivity index (χ3n) is 4.14. The SMILES string of the molecule is Cc1ccccc1C(C)n1c(C)cc(C(=O)C(C)Cl)c1C. The number of aromatic nitrogens is 1. The fourth-order valence-electron chi connectivity index (χ4n) is 3.03. The minimum atomic E-state index is -0.493. The molecule has 0 radical (unpaired) electrons. The van der Waals surface area contributed by atoms with Crippen LogP contribution < -0.4 is 0 Å². The monoisotopic (exact) mass is 303 g/mol. The summed E-state index contributed by atoms with van der Waals surface area (Å²) in [6.45, 7) is 10.0. The van der Waals surface area contributed by atoms with E-state index in [-0.39, 0.29) is 11.8 Å². The van der Waals surface area contributed by atoms with E-state index in [2.05, 4.69) is 36.6 Å². The first kappa shape index (κ1) is 15.8. The smallest absolute Gasteiger partial charge is 0.182 e. The third-order valence-corrected chi connectivity index (χ3v) is 4.34. The van der Waals surface area contributed by atoms with E-state index in [9.17, 15) is 4.79 Å². The highest BCUT2D eigenvalue weighted by Crippen LogP contribution is 2.28. The molecule has 21 heavy (non-hydrogen) atoms. The Hall–Kier alpha value is -1.54. The Balaban J connectivity index is 2.50. The van der Waals surface area contributed by atoms with Gasteiger partial charge in [-0.2, -0.15) is 0 Å². The van der Waals surface area contributed by atoms with E-state index in [1.165, 1.54) is 11.1 Å². The molecule has 112 valence electrons. The van der Waals surface area contributed by atoms with Crippen LogP contribution in [-0.4, -0.2) is 15.7 Å². The van der Waals surface area contributed by atoms with Crippen LogP contribution in [0.25, 0.3) is 0 Å². The fourth-order valence-corrected chi connectivity index (χ4v) is 3.15. The second-order valence-electron chi connectivity index (χ2n) is 5.67. The molecule has 0 aliphatic heterocycles. The molecule has 0 aliphatic rings. The lowest BCUT2D eigenvalue weighted by Gasteiger charge is -2.21. The number of hydrogen-bond donors (Lipinski definition) is 0. The summed E-state index contributed by atoms with van der Waals surface area (Å²) in [5.74, 6) is -0.00648. The molecular formula is C18H22ClNO. The first-order valence-electron chi connectivity index (χ1n) is 7.26. The van der Waals surface area contributed by atoms with Crippen LogP contribution in [0.3, 0.4) is 0 Å². The van der Waals surface area contributed by atoms with Gasteiger partial charge in [0.25, 0.3) is 0 Å². The van der Waals surface area contributed by atoms with Crippen molar-refractivity contribution in [3.05, 3.63) is 58.4 Å². The van der Waals surface area contributed by atoms with E-state index in [1.807, 2.05) is 26.0 Å². The lowest BCUT2D eigenvalue weighted by Crippen LogP contribution is -2.14. The maximum Gasteiger partial charge on any atom is 0.182 e. The van der Waals surface area contributed by atoms with Gasteiger partial charge in [0.15, 0.2) is 5.78 Å². The normalized spacial score (nSPS) is 14.0. The summed E-state index contributed by atoms with van der Waals surface area (Å²) in [6, 6.07) is 10.5. The summed E-state index contributed by atoms with van der Waals surface area (Å²) < 4.78 is 2.22. The van der Waals surface area contributed by atoms with Gasteiger partial charge in [-0.3, -0.25) is 4.79 Å². The second-order valence-corrected chi connectivity index (χ2v) is 6.32. The van der Waals surface area contributed by atoms with Crippen molar-refractivity contribution >= 4 is 17.4 Å². The third kappa shape index (κ3) is 2.91. The van der Waals surface area contributed by atoms with E-state index >= 15 is 0 Å². The maximum atomic E-state index is 12.2. The molecule has 2 aromatic rings. The Labute approximate surface area is 131 Å². The molecule has 0 amide bonds. The Morgan fingerprint density at radius 2 is 1.76 bits per heavy atom. The van der Waals surface area contributed by atoms with Crippen LogP contribution in [0, 0.1) is 20.8 Å². The number of carbonyl (C=O) groups excluding carboxylic acids is 1. The molecule has 2 rings (SSSR count). The average molecular weight is 304 g/mol. The first-order valence-corrected chi connectivity index (χ1v) is 7.70. The summed E-state index contributed by atoms with van der Waals surface area (Å²) in [5, 5.41) is -0.493. The van der Waals surface area contributed by atoms with Crippen LogP contribution in [0.4, 0.5) is 0 Å². The number of rotatable bonds is 4. The molecule has 0 saturated heterocycles. The number of aryl methyl sites for hydroxylation is 2. The Kier molecular flexibility index (Phi) is 4.58. The van der Waals surface area contributed by atoms with E-state index in [0.717, 1.165) is 17.0 Å². The molecule has 1 aromatic carbocycles. The number of nitrogens with zero attached hydrogens (tertiary/aromatic N) is 1. The number of carbonyl (C=O) groups is 1. The minimum Gasteiger partial charge on any atom is -0.341 e. The van der Waals surface area contributed by atoms with Crippen LogP contribution >= 0.6 is 11.6 Å². The van der Waals surface area contributed by atoms with Crippen molar-refractivity contribution in [3.63, 3.8) is 0 Å². The van der Waals surface area contributed by atoms with Gasteiger partial charge in [-0.05, 0) is 51.8 Å².